The van der Waals surface area contributed by atoms with Crippen molar-refractivity contribution in [2.75, 3.05) is 12.8 Å². The Balaban J connectivity index is 1.95. The highest BCUT2D eigenvalue weighted by molar-refractivity contribution is 5.75. The predicted molar refractivity (Wildman–Crippen MR) is 73.6 cm³/mol. The minimum absolute atomic E-state index is 0.0878. The maximum atomic E-state index is 5.95. The molecule has 1 heterocycles. The Morgan fingerprint density at radius 2 is 2.05 bits per heavy atom. The number of nitrogens with two attached hydrogens (primary N) is 1. The van der Waals surface area contributed by atoms with Crippen LogP contribution in [0.2, 0.25) is 0 Å². The summed E-state index contributed by atoms with van der Waals surface area (Å²) in [6.45, 7) is 0. The molecule has 0 bridgehead atoms. The van der Waals surface area contributed by atoms with Crippen molar-refractivity contribution in [1.29, 1.82) is 0 Å². The largest absolute Gasteiger partial charge is 0.380 e. The summed E-state index contributed by atoms with van der Waals surface area (Å²) in [7, 11) is 1.76. The van der Waals surface area contributed by atoms with Gasteiger partial charge in [-0.2, -0.15) is 0 Å². The van der Waals surface area contributed by atoms with Crippen molar-refractivity contribution >= 4 is 5.82 Å². The van der Waals surface area contributed by atoms with Gasteiger partial charge in [-0.3, -0.25) is 0 Å². The monoisotopic (exact) mass is 258 g/mol. The van der Waals surface area contributed by atoms with Crippen molar-refractivity contribution in [3.8, 4) is 11.1 Å². The first-order valence-electron chi connectivity index (χ1n) is 6.59. The zero-order valence-electron chi connectivity index (χ0n) is 11.1. The zero-order valence-corrected chi connectivity index (χ0v) is 11.1. The number of ether oxygens (including phenoxy) is 1. The lowest BCUT2D eigenvalue weighted by molar-refractivity contribution is -0.0742. The summed E-state index contributed by atoms with van der Waals surface area (Å²) in [6, 6.07) is 10.00. The molecule has 100 valence electrons. The Bertz CT molecular complexity index is 553. The number of rotatable bonds is 4. The van der Waals surface area contributed by atoms with Gasteiger partial charge in [0.25, 0.3) is 0 Å². The fourth-order valence-electron chi connectivity index (χ4n) is 2.69. The molecule has 19 heavy (non-hydrogen) atoms. The summed E-state index contributed by atoms with van der Waals surface area (Å²) in [4.78, 5) is 0. The quantitative estimate of drug-likeness (QED) is 0.915. The maximum absolute atomic E-state index is 5.95. The molecule has 1 fully saturated rings. The van der Waals surface area contributed by atoms with E-state index in [1.54, 1.807) is 7.11 Å². The summed E-state index contributed by atoms with van der Waals surface area (Å²) in [5, 5.41) is 3.92. The average Bonchev–Trinajstić information content (AvgIpc) is 2.76. The Kier molecular flexibility index (Phi) is 3.03. The number of nitrogen functional groups attached to an aromatic ring is 1. The van der Waals surface area contributed by atoms with E-state index in [1.807, 2.05) is 30.3 Å². The first kappa shape index (κ1) is 12.2. The van der Waals surface area contributed by atoms with Crippen molar-refractivity contribution in [2.45, 2.75) is 31.3 Å². The van der Waals surface area contributed by atoms with Gasteiger partial charge in [-0.15, -0.1) is 0 Å². The van der Waals surface area contributed by atoms with Gasteiger partial charge in [-0.05, 0) is 24.8 Å². The number of anilines is 1. The third-order valence-electron chi connectivity index (χ3n) is 4.03. The maximum Gasteiger partial charge on any atom is 0.175 e. The number of aromatic nitrogens is 1. The molecule has 0 aliphatic heterocycles. The molecule has 0 spiro atoms. The molecular formula is C15H18N2O2. The van der Waals surface area contributed by atoms with Crippen molar-refractivity contribution in [1.82, 2.24) is 5.16 Å². The van der Waals surface area contributed by atoms with Gasteiger partial charge in [0.2, 0.25) is 0 Å². The fourth-order valence-corrected chi connectivity index (χ4v) is 2.69. The lowest BCUT2D eigenvalue weighted by atomic mass is 9.76. The Morgan fingerprint density at radius 1 is 1.32 bits per heavy atom. The molecule has 4 nitrogen and oxygen atoms in total. The first-order chi connectivity index (χ1) is 9.24. The second-order valence-corrected chi connectivity index (χ2v) is 5.15. The Hall–Kier alpha value is -1.81. The molecule has 1 aromatic heterocycles. The number of methoxy groups -OCH3 is 1. The SMILES string of the molecule is COC1(Cc2onc(N)c2-c2ccccc2)CCC1. The van der Waals surface area contributed by atoms with Crippen molar-refractivity contribution < 1.29 is 9.26 Å². The molecule has 0 amide bonds. The number of hydrogen-bond acceptors (Lipinski definition) is 4. The van der Waals surface area contributed by atoms with Gasteiger partial charge >= 0.3 is 0 Å². The van der Waals surface area contributed by atoms with Gasteiger partial charge in [0.15, 0.2) is 5.82 Å². The molecule has 2 N–H and O–H groups in total. The summed E-state index contributed by atoms with van der Waals surface area (Å²) < 4.78 is 11.1. The summed E-state index contributed by atoms with van der Waals surface area (Å²) >= 11 is 0. The van der Waals surface area contributed by atoms with Gasteiger partial charge in [0, 0.05) is 13.5 Å². The van der Waals surface area contributed by atoms with Crippen LogP contribution in [0.25, 0.3) is 11.1 Å². The number of hydrogen-bond donors (Lipinski definition) is 1. The molecule has 1 saturated carbocycles. The van der Waals surface area contributed by atoms with E-state index >= 15 is 0 Å². The molecule has 1 aliphatic rings. The van der Waals surface area contributed by atoms with Crippen LogP contribution in [-0.2, 0) is 11.2 Å². The minimum atomic E-state index is -0.0878. The van der Waals surface area contributed by atoms with E-state index in [2.05, 4.69) is 5.16 Å². The molecule has 0 atom stereocenters. The normalized spacial score (nSPS) is 17.1. The lowest BCUT2D eigenvalue weighted by Crippen LogP contribution is -2.41. The molecule has 4 heteroatoms. The number of benzene rings is 1. The van der Waals surface area contributed by atoms with Crippen molar-refractivity contribution in [3.05, 3.63) is 36.1 Å². The van der Waals surface area contributed by atoms with Crippen LogP contribution in [0.4, 0.5) is 5.82 Å². The smallest absolute Gasteiger partial charge is 0.175 e. The Labute approximate surface area is 112 Å². The van der Waals surface area contributed by atoms with E-state index in [0.29, 0.717) is 5.82 Å². The van der Waals surface area contributed by atoms with Gasteiger partial charge in [-0.1, -0.05) is 35.5 Å². The van der Waals surface area contributed by atoms with Crippen LogP contribution in [0.15, 0.2) is 34.9 Å². The summed E-state index contributed by atoms with van der Waals surface area (Å²) in [6.07, 6.45) is 4.08. The highest BCUT2D eigenvalue weighted by Crippen LogP contribution is 2.41. The van der Waals surface area contributed by atoms with Gasteiger partial charge in [-0.25, -0.2) is 0 Å². The molecule has 1 aromatic carbocycles. The molecule has 0 radical (unpaired) electrons. The van der Waals surface area contributed by atoms with Crippen LogP contribution in [0.5, 0.6) is 0 Å². The van der Waals surface area contributed by atoms with Crippen LogP contribution in [0, 0.1) is 0 Å². The molecule has 2 aromatic rings. The van der Waals surface area contributed by atoms with E-state index < -0.39 is 0 Å². The van der Waals surface area contributed by atoms with Crippen LogP contribution in [0.3, 0.4) is 0 Å². The van der Waals surface area contributed by atoms with Gasteiger partial charge < -0.3 is 15.0 Å². The third-order valence-corrected chi connectivity index (χ3v) is 4.03. The zero-order chi connectivity index (χ0) is 13.3. The predicted octanol–water partition coefficient (Wildman–Crippen LogP) is 3.04. The summed E-state index contributed by atoms with van der Waals surface area (Å²) in [5.74, 6) is 1.28. The van der Waals surface area contributed by atoms with E-state index in [0.717, 1.165) is 36.1 Å². The third kappa shape index (κ3) is 2.12. The minimum Gasteiger partial charge on any atom is -0.380 e. The van der Waals surface area contributed by atoms with Crippen LogP contribution < -0.4 is 5.73 Å². The second-order valence-electron chi connectivity index (χ2n) is 5.15. The van der Waals surface area contributed by atoms with Crippen molar-refractivity contribution in [2.24, 2.45) is 0 Å². The van der Waals surface area contributed by atoms with E-state index in [1.165, 1.54) is 6.42 Å². The molecule has 3 rings (SSSR count). The first-order valence-corrected chi connectivity index (χ1v) is 6.59. The molecule has 0 unspecified atom stereocenters. The van der Waals surface area contributed by atoms with Crippen LogP contribution in [-0.4, -0.2) is 17.9 Å². The lowest BCUT2D eigenvalue weighted by Gasteiger charge is -2.39. The van der Waals surface area contributed by atoms with Gasteiger partial charge in [0.1, 0.15) is 5.76 Å². The Morgan fingerprint density at radius 3 is 2.63 bits per heavy atom. The highest BCUT2D eigenvalue weighted by Gasteiger charge is 2.39. The summed E-state index contributed by atoms with van der Waals surface area (Å²) in [5.41, 5.74) is 7.81. The van der Waals surface area contributed by atoms with Gasteiger partial charge in [0.05, 0.1) is 11.2 Å². The molecule has 0 saturated heterocycles. The van der Waals surface area contributed by atoms with Crippen LogP contribution in [0.1, 0.15) is 25.0 Å². The molecular weight excluding hydrogens is 240 g/mol. The average molecular weight is 258 g/mol. The second kappa shape index (κ2) is 4.70. The number of nitrogens with zero attached hydrogens (tertiary/aromatic N) is 1. The van der Waals surface area contributed by atoms with E-state index in [4.69, 9.17) is 15.0 Å². The highest BCUT2D eigenvalue weighted by atomic mass is 16.5. The van der Waals surface area contributed by atoms with E-state index in [-0.39, 0.29) is 5.60 Å². The van der Waals surface area contributed by atoms with E-state index in [9.17, 15) is 0 Å². The fraction of sp³-hybridized carbons (Fsp3) is 0.400. The van der Waals surface area contributed by atoms with Crippen LogP contribution >= 0.6 is 0 Å². The van der Waals surface area contributed by atoms with Crippen molar-refractivity contribution in [3.63, 3.8) is 0 Å². The molecule has 1 aliphatic carbocycles. The topological polar surface area (TPSA) is 61.3 Å². The standard InChI is InChI=1S/C15H18N2O2/c1-18-15(8-5-9-15)10-12-13(14(16)17-19-12)11-6-3-2-4-7-11/h2-4,6-7H,5,8-10H2,1H3,(H2,16,17).